The summed E-state index contributed by atoms with van der Waals surface area (Å²) in [7, 11) is 0. The molecule has 42 heavy (non-hydrogen) atoms. The van der Waals surface area contributed by atoms with E-state index < -0.39 is 0 Å². The maximum Gasteiger partial charge on any atom is 0.282 e. The van der Waals surface area contributed by atoms with Gasteiger partial charge in [-0.2, -0.15) is 9.78 Å². The number of halogens is 3. The summed E-state index contributed by atoms with van der Waals surface area (Å²) in [6.45, 7) is -0.271. The number of hydrogen-bond donors (Lipinski definition) is 1. The van der Waals surface area contributed by atoms with Crippen molar-refractivity contribution in [3.8, 4) is 17.3 Å². The van der Waals surface area contributed by atoms with E-state index in [4.69, 9.17) is 25.7 Å². The van der Waals surface area contributed by atoms with Crippen molar-refractivity contribution in [1.82, 2.24) is 9.66 Å². The Morgan fingerprint density at radius 2 is 1.81 bits per heavy atom. The van der Waals surface area contributed by atoms with Gasteiger partial charge in [0.15, 0.2) is 12.4 Å². The molecule has 1 amide bonds. The van der Waals surface area contributed by atoms with E-state index in [1.54, 1.807) is 48.5 Å². The number of carbonyl (C=O) groups is 1. The zero-order chi connectivity index (χ0) is 29.2. The lowest BCUT2D eigenvalue weighted by Crippen LogP contribution is -2.21. The second-order valence-corrected chi connectivity index (χ2v) is 11.3. The zero-order valence-electron chi connectivity index (χ0n) is 21.6. The number of aromatic nitrogens is 2. The van der Waals surface area contributed by atoms with E-state index in [1.165, 1.54) is 10.9 Å². The summed E-state index contributed by atoms with van der Waals surface area (Å²) >= 11 is 13.3. The number of hydrogen-bond acceptors (Lipinski definition) is 6. The van der Waals surface area contributed by atoms with E-state index in [2.05, 4.69) is 42.3 Å². The van der Waals surface area contributed by atoms with Gasteiger partial charge in [0.25, 0.3) is 11.5 Å². The van der Waals surface area contributed by atoms with Crippen molar-refractivity contribution < 1.29 is 13.9 Å². The minimum absolute atomic E-state index is 0.216. The Hall–Kier alpha value is -4.25. The number of amides is 1. The van der Waals surface area contributed by atoms with Gasteiger partial charge in [-0.15, -0.1) is 0 Å². The number of para-hydroxylation sites is 2. The van der Waals surface area contributed by atoms with Crippen LogP contribution in [0.3, 0.4) is 0 Å². The van der Waals surface area contributed by atoms with Crippen LogP contribution in [0.15, 0.2) is 114 Å². The second-order valence-electron chi connectivity index (χ2n) is 9.12. The molecule has 0 spiro atoms. The lowest BCUT2D eigenvalue weighted by atomic mass is 10.2. The van der Waals surface area contributed by atoms with Crippen LogP contribution in [0.4, 0.5) is 5.69 Å². The molecule has 2 aromatic heterocycles. The van der Waals surface area contributed by atoms with Crippen LogP contribution in [0.5, 0.6) is 5.75 Å². The highest BCUT2D eigenvalue weighted by molar-refractivity contribution is 9.10. The topological polar surface area (TPSA) is 98.7 Å². The summed E-state index contributed by atoms with van der Waals surface area (Å²) in [4.78, 5) is 30.9. The van der Waals surface area contributed by atoms with Crippen LogP contribution in [0, 0.1) is 0 Å². The van der Waals surface area contributed by atoms with Crippen molar-refractivity contribution in [1.29, 1.82) is 0 Å². The molecule has 0 saturated heterocycles. The zero-order valence-corrected chi connectivity index (χ0v) is 25.5. The molecule has 8 nitrogen and oxygen atoms in total. The third-order valence-corrected chi connectivity index (χ3v) is 7.51. The number of carbonyl (C=O) groups excluding carboxylic acids is 1. The molecule has 0 fully saturated rings. The van der Waals surface area contributed by atoms with Gasteiger partial charge in [0.05, 0.1) is 21.6 Å². The number of nitrogens with one attached hydrogen (secondary N) is 1. The van der Waals surface area contributed by atoms with Crippen LogP contribution in [0.25, 0.3) is 33.5 Å². The molecule has 208 valence electrons. The SMILES string of the molecule is O=C(COc1c(Br)cc(Cl)cc1C=Nn1c(-c2cc3cc(Br)ccc3o2)nc2ccccc2c1=O)Nc1ccccc1. The molecule has 11 heteroatoms. The van der Waals surface area contributed by atoms with Crippen LogP contribution < -0.4 is 15.6 Å². The molecule has 0 aliphatic carbocycles. The van der Waals surface area contributed by atoms with E-state index in [9.17, 15) is 9.59 Å². The van der Waals surface area contributed by atoms with E-state index in [0.29, 0.717) is 48.7 Å². The average molecular weight is 707 g/mol. The van der Waals surface area contributed by atoms with Gasteiger partial charge in [-0.05, 0) is 76.6 Å². The predicted molar refractivity (Wildman–Crippen MR) is 172 cm³/mol. The van der Waals surface area contributed by atoms with Crippen molar-refractivity contribution in [2.75, 3.05) is 11.9 Å². The smallest absolute Gasteiger partial charge is 0.282 e. The standard InChI is InChI=1S/C31H19Br2ClN4O4/c32-20-10-11-26-18(12-20)14-27(42-26)30-37-25-9-5-4-8-23(25)31(40)38(30)35-16-19-13-21(34)15-24(33)29(19)41-17-28(39)36-22-6-2-1-3-7-22/h1-16H,17H2,(H,36,39). The van der Waals surface area contributed by atoms with Crippen LogP contribution in [-0.2, 0) is 4.79 Å². The molecular formula is C31H19Br2ClN4O4. The highest BCUT2D eigenvalue weighted by Crippen LogP contribution is 2.33. The number of anilines is 1. The molecule has 0 bridgehead atoms. The average Bonchev–Trinajstić information content (AvgIpc) is 3.39. The van der Waals surface area contributed by atoms with Crippen LogP contribution >= 0.6 is 43.5 Å². The van der Waals surface area contributed by atoms with E-state index in [0.717, 1.165) is 9.86 Å². The monoisotopic (exact) mass is 704 g/mol. The number of rotatable bonds is 7. The normalized spacial score (nSPS) is 11.4. The number of ether oxygens (including phenoxy) is 1. The maximum absolute atomic E-state index is 13.7. The lowest BCUT2D eigenvalue weighted by molar-refractivity contribution is -0.118. The third kappa shape index (κ3) is 5.87. The minimum Gasteiger partial charge on any atom is -0.482 e. The van der Waals surface area contributed by atoms with Crippen molar-refractivity contribution in [3.63, 3.8) is 0 Å². The Morgan fingerprint density at radius 3 is 2.64 bits per heavy atom. The maximum atomic E-state index is 13.7. The summed E-state index contributed by atoms with van der Waals surface area (Å²) in [6, 6.07) is 26.8. The Bertz CT molecular complexity index is 2060. The van der Waals surface area contributed by atoms with Crippen molar-refractivity contribution in [2.24, 2.45) is 5.10 Å². The summed E-state index contributed by atoms with van der Waals surface area (Å²) < 4.78 is 14.5. The van der Waals surface area contributed by atoms with Gasteiger partial charge < -0.3 is 14.5 Å². The van der Waals surface area contributed by atoms with Crippen LogP contribution in [0.1, 0.15) is 5.56 Å². The van der Waals surface area contributed by atoms with Crippen molar-refractivity contribution in [3.05, 3.63) is 121 Å². The number of furan rings is 1. The first-order valence-corrected chi connectivity index (χ1v) is 14.5. The molecule has 0 aliphatic heterocycles. The molecule has 4 aromatic carbocycles. The third-order valence-electron chi connectivity index (χ3n) is 6.21. The molecule has 0 unspecified atom stereocenters. The Morgan fingerprint density at radius 1 is 1.02 bits per heavy atom. The fourth-order valence-electron chi connectivity index (χ4n) is 4.32. The first kappa shape index (κ1) is 27.9. The molecule has 2 heterocycles. The predicted octanol–water partition coefficient (Wildman–Crippen LogP) is 7.89. The fourth-order valence-corrected chi connectivity index (χ4v) is 5.65. The molecule has 6 aromatic rings. The summed E-state index contributed by atoms with van der Waals surface area (Å²) in [6.07, 6.45) is 1.43. The first-order chi connectivity index (χ1) is 20.4. The Kier molecular flexibility index (Phi) is 7.92. The number of nitrogens with zero attached hydrogens (tertiary/aromatic N) is 3. The highest BCUT2D eigenvalue weighted by Gasteiger charge is 2.18. The quantitative estimate of drug-likeness (QED) is 0.170. The fraction of sp³-hybridized carbons (Fsp3) is 0.0323. The highest BCUT2D eigenvalue weighted by atomic mass is 79.9. The van der Waals surface area contributed by atoms with Crippen LogP contribution in [0.2, 0.25) is 5.02 Å². The summed E-state index contributed by atoms with van der Waals surface area (Å²) in [5, 5.41) is 8.92. The van der Waals surface area contributed by atoms with E-state index in [1.807, 2.05) is 42.5 Å². The van der Waals surface area contributed by atoms with Gasteiger partial charge in [-0.3, -0.25) is 9.59 Å². The minimum atomic E-state index is -0.390. The number of fused-ring (bicyclic) bond motifs is 2. The van der Waals surface area contributed by atoms with Gasteiger partial charge >= 0.3 is 0 Å². The van der Waals surface area contributed by atoms with Gasteiger partial charge in [0, 0.05) is 26.1 Å². The van der Waals surface area contributed by atoms with Crippen molar-refractivity contribution in [2.45, 2.75) is 0 Å². The van der Waals surface area contributed by atoms with Gasteiger partial charge in [0.2, 0.25) is 5.82 Å². The summed E-state index contributed by atoms with van der Waals surface area (Å²) in [5.41, 5.74) is 1.83. The Labute approximate surface area is 260 Å². The second kappa shape index (κ2) is 11.9. The van der Waals surface area contributed by atoms with E-state index >= 15 is 0 Å². The molecule has 0 saturated carbocycles. The summed E-state index contributed by atoms with van der Waals surface area (Å²) in [5.74, 6) is 0.556. The van der Waals surface area contributed by atoms with Gasteiger partial charge in [-0.25, -0.2) is 4.98 Å². The van der Waals surface area contributed by atoms with Gasteiger partial charge in [0.1, 0.15) is 11.3 Å². The molecular weight excluding hydrogens is 688 g/mol. The molecule has 0 atom stereocenters. The van der Waals surface area contributed by atoms with Gasteiger partial charge in [-0.1, -0.05) is 57.9 Å². The lowest BCUT2D eigenvalue weighted by Gasteiger charge is -2.12. The van der Waals surface area contributed by atoms with E-state index in [-0.39, 0.29) is 23.9 Å². The molecule has 0 radical (unpaired) electrons. The number of benzene rings is 4. The van der Waals surface area contributed by atoms with Crippen LogP contribution in [-0.4, -0.2) is 28.4 Å². The molecule has 0 aliphatic rings. The molecule has 1 N–H and O–H groups in total. The Balaban J connectivity index is 1.39. The first-order valence-electron chi connectivity index (χ1n) is 12.6. The molecule has 6 rings (SSSR count). The largest absolute Gasteiger partial charge is 0.482 e. The van der Waals surface area contributed by atoms with Crippen molar-refractivity contribution >= 4 is 83.1 Å².